The average molecular weight is 493 g/mol. The summed E-state index contributed by atoms with van der Waals surface area (Å²) in [6.45, 7) is 6.00. The minimum atomic E-state index is -0.854. The van der Waals surface area contributed by atoms with E-state index >= 15 is 0 Å². The molecule has 0 saturated heterocycles. The second-order valence-electron chi connectivity index (χ2n) is 9.56. The molecule has 31 heavy (non-hydrogen) atoms. The monoisotopic (exact) mass is 492 g/mol. The van der Waals surface area contributed by atoms with Gasteiger partial charge in [-0.25, -0.2) is 0 Å². The van der Waals surface area contributed by atoms with Crippen molar-refractivity contribution < 1.29 is 29.7 Å². The molecule has 0 spiro atoms. The van der Waals surface area contributed by atoms with Crippen LogP contribution < -0.4 is 15.3 Å². The quantitative estimate of drug-likeness (QED) is 0.547. The molecule has 0 N–H and O–H groups in total. The van der Waals surface area contributed by atoms with Gasteiger partial charge in [0.05, 0.1) is 0 Å². The summed E-state index contributed by atoms with van der Waals surface area (Å²) in [6, 6.07) is 0. The molecule has 3 aliphatic rings. The number of hydrogen-bond donors (Lipinski definition) is 0. The van der Waals surface area contributed by atoms with Crippen LogP contribution in [0.2, 0.25) is 0 Å². The minimum absolute atomic E-state index is 0. The summed E-state index contributed by atoms with van der Waals surface area (Å²) in [5.41, 5.74) is 0. The Kier molecular flexibility index (Phi) is 15.3. The van der Waals surface area contributed by atoms with E-state index in [2.05, 4.69) is 0 Å². The summed E-state index contributed by atoms with van der Waals surface area (Å²) in [5.74, 6) is -2.08. The molecule has 174 valence electrons. The standard InChI is InChI=1S/3C8H14O2.Ga/c3*1-6-4-2-3-5-7(6)8(9)10;/h3*6-7H,2-5H2,1H3,(H,9,10);/q;;;+3/p-3. The molecule has 3 saturated carbocycles. The van der Waals surface area contributed by atoms with Gasteiger partial charge in [-0.15, -0.1) is 0 Å². The zero-order valence-electron chi connectivity index (χ0n) is 19.5. The van der Waals surface area contributed by atoms with E-state index in [1.54, 1.807) is 0 Å². The first-order valence-electron chi connectivity index (χ1n) is 11.8. The summed E-state index contributed by atoms with van der Waals surface area (Å²) in [6.07, 6.45) is 12.4. The van der Waals surface area contributed by atoms with Crippen LogP contribution in [0.3, 0.4) is 0 Å². The first-order valence-corrected chi connectivity index (χ1v) is 11.8. The van der Waals surface area contributed by atoms with Gasteiger partial charge in [-0.05, 0) is 37.0 Å². The molecule has 0 aromatic carbocycles. The van der Waals surface area contributed by atoms with Crippen LogP contribution in [-0.4, -0.2) is 37.7 Å². The van der Waals surface area contributed by atoms with Crippen molar-refractivity contribution in [1.82, 2.24) is 0 Å². The second kappa shape index (κ2) is 15.8. The van der Waals surface area contributed by atoms with Crippen LogP contribution in [0, 0.1) is 35.5 Å². The predicted molar refractivity (Wildman–Crippen MR) is 114 cm³/mol. The molecule has 0 heterocycles. The second-order valence-corrected chi connectivity index (χ2v) is 9.56. The number of rotatable bonds is 3. The Morgan fingerprint density at radius 3 is 0.806 bits per heavy atom. The Hall–Kier alpha value is -0.954. The molecule has 6 nitrogen and oxygen atoms in total. The van der Waals surface area contributed by atoms with Gasteiger partial charge in [0.1, 0.15) is 0 Å². The van der Waals surface area contributed by atoms with Gasteiger partial charge in [-0.2, -0.15) is 0 Å². The van der Waals surface area contributed by atoms with Crippen LogP contribution >= 0.6 is 0 Å². The predicted octanol–water partition coefficient (Wildman–Crippen LogP) is 1.31. The van der Waals surface area contributed by atoms with Crippen molar-refractivity contribution in [3.63, 3.8) is 0 Å². The minimum Gasteiger partial charge on any atom is -0.550 e. The van der Waals surface area contributed by atoms with Crippen molar-refractivity contribution >= 4 is 37.7 Å². The number of aliphatic carboxylic acids is 3. The van der Waals surface area contributed by atoms with Crippen molar-refractivity contribution in [3.8, 4) is 0 Å². The SMILES string of the molecule is CC1CCCCC1C(=O)[O-].CC1CCCCC1C(=O)[O-].CC1CCCCC1C(=O)[O-].[Ga+3]. The Bertz CT molecular complexity index is 476. The maximum atomic E-state index is 10.5. The summed E-state index contributed by atoms with van der Waals surface area (Å²) >= 11 is 0. The van der Waals surface area contributed by atoms with Gasteiger partial charge in [-0.1, -0.05) is 78.6 Å². The molecule has 6 atom stereocenters. The fourth-order valence-corrected chi connectivity index (χ4v) is 5.00. The number of carboxylic acid groups (broad SMARTS) is 3. The third kappa shape index (κ3) is 11.0. The normalized spacial score (nSPS) is 32.6. The van der Waals surface area contributed by atoms with Gasteiger partial charge in [0.2, 0.25) is 0 Å². The average Bonchev–Trinajstić information content (AvgIpc) is 2.69. The van der Waals surface area contributed by atoms with Crippen LogP contribution in [-0.2, 0) is 14.4 Å². The molecular weight excluding hydrogens is 454 g/mol. The van der Waals surface area contributed by atoms with Crippen molar-refractivity contribution in [2.75, 3.05) is 0 Å². The van der Waals surface area contributed by atoms with Gasteiger partial charge in [0.25, 0.3) is 0 Å². The first kappa shape index (κ1) is 30.0. The number of carbonyl (C=O) groups is 3. The van der Waals surface area contributed by atoms with Crippen LogP contribution in [0.25, 0.3) is 0 Å². The molecule has 0 amide bonds. The van der Waals surface area contributed by atoms with Gasteiger partial charge in [0, 0.05) is 35.7 Å². The van der Waals surface area contributed by atoms with E-state index < -0.39 is 17.9 Å². The fraction of sp³-hybridized carbons (Fsp3) is 0.875. The smallest absolute Gasteiger partial charge is 0.550 e. The Morgan fingerprint density at radius 2 is 0.677 bits per heavy atom. The molecule has 3 rings (SSSR count). The molecule has 7 heteroatoms. The van der Waals surface area contributed by atoms with E-state index in [4.69, 9.17) is 0 Å². The molecular formula is C24H39GaO6. The molecule has 3 fully saturated rings. The number of hydrogen-bond acceptors (Lipinski definition) is 6. The van der Waals surface area contributed by atoms with E-state index in [1.165, 1.54) is 19.3 Å². The Balaban J connectivity index is 0.000000429. The number of carboxylic acids is 3. The van der Waals surface area contributed by atoms with Crippen molar-refractivity contribution in [3.05, 3.63) is 0 Å². The number of carbonyl (C=O) groups excluding carboxylic acids is 3. The van der Waals surface area contributed by atoms with Crippen molar-refractivity contribution in [1.29, 1.82) is 0 Å². The Labute approximate surface area is 200 Å². The molecule has 6 unspecified atom stereocenters. The third-order valence-corrected chi connectivity index (χ3v) is 7.24. The van der Waals surface area contributed by atoms with E-state index in [0.717, 1.165) is 57.8 Å². The summed E-state index contributed by atoms with van der Waals surface area (Å²) in [5, 5.41) is 31.4. The van der Waals surface area contributed by atoms with Crippen molar-refractivity contribution in [2.45, 2.75) is 97.8 Å². The van der Waals surface area contributed by atoms with E-state index in [-0.39, 0.29) is 37.5 Å². The fourth-order valence-electron chi connectivity index (χ4n) is 5.00. The van der Waals surface area contributed by atoms with Crippen LogP contribution in [0.5, 0.6) is 0 Å². The zero-order valence-corrected chi connectivity index (χ0v) is 21.9. The van der Waals surface area contributed by atoms with Crippen LogP contribution in [0.15, 0.2) is 0 Å². The molecule has 3 aliphatic carbocycles. The maximum Gasteiger partial charge on any atom is 3.00 e. The largest absolute Gasteiger partial charge is 3.00 e. The Morgan fingerprint density at radius 1 is 0.484 bits per heavy atom. The van der Waals surface area contributed by atoms with E-state index in [1.807, 2.05) is 20.8 Å². The topological polar surface area (TPSA) is 120 Å². The van der Waals surface area contributed by atoms with E-state index in [9.17, 15) is 29.7 Å². The van der Waals surface area contributed by atoms with Gasteiger partial charge < -0.3 is 29.7 Å². The summed E-state index contributed by atoms with van der Waals surface area (Å²) in [7, 11) is 0. The zero-order chi connectivity index (χ0) is 22.7. The van der Waals surface area contributed by atoms with Crippen molar-refractivity contribution in [2.24, 2.45) is 35.5 Å². The first-order chi connectivity index (χ1) is 14.1. The van der Waals surface area contributed by atoms with Gasteiger partial charge in [0.15, 0.2) is 0 Å². The molecule has 0 aromatic heterocycles. The van der Waals surface area contributed by atoms with Gasteiger partial charge in [-0.3, -0.25) is 0 Å². The van der Waals surface area contributed by atoms with Gasteiger partial charge >= 0.3 is 19.8 Å². The maximum absolute atomic E-state index is 10.5. The van der Waals surface area contributed by atoms with Crippen LogP contribution in [0.1, 0.15) is 97.8 Å². The molecule has 0 radical (unpaired) electrons. The summed E-state index contributed by atoms with van der Waals surface area (Å²) in [4.78, 5) is 31.4. The molecule has 0 aromatic rings. The molecule has 0 bridgehead atoms. The van der Waals surface area contributed by atoms with E-state index in [0.29, 0.717) is 17.8 Å². The molecule has 0 aliphatic heterocycles. The summed E-state index contributed by atoms with van der Waals surface area (Å²) < 4.78 is 0. The van der Waals surface area contributed by atoms with Crippen LogP contribution in [0.4, 0.5) is 0 Å². The third-order valence-electron chi connectivity index (χ3n) is 7.24.